The minimum absolute atomic E-state index is 0.0398. The van der Waals surface area contributed by atoms with Gasteiger partial charge in [-0.2, -0.15) is 0 Å². The summed E-state index contributed by atoms with van der Waals surface area (Å²) in [7, 11) is 1.23. The van der Waals surface area contributed by atoms with Gasteiger partial charge in [-0.05, 0) is 23.6 Å². The molecule has 5 rings (SSSR count). The smallest absolute Gasteiger partial charge is 0.251 e. The number of carbonyl (C=O) groups is 7. The fraction of sp³-hybridized carbons (Fsp3) is 0.386. The van der Waals surface area contributed by atoms with Crippen LogP contribution in [0, 0.1) is 0 Å². The Hall–Kier alpha value is -6.71. The average Bonchev–Trinajstić information content (AvgIpc) is 3.80. The van der Waals surface area contributed by atoms with Gasteiger partial charge in [0.25, 0.3) is 5.91 Å². The zero-order valence-electron chi connectivity index (χ0n) is 35.0. The monoisotopic (exact) mass is 886 g/mol. The van der Waals surface area contributed by atoms with E-state index in [-0.39, 0.29) is 12.8 Å². The maximum atomic E-state index is 13.6. The molecule has 12 N–H and O–H groups in total. The summed E-state index contributed by atoms with van der Waals surface area (Å²) in [5, 5.41) is 70.4. The number of aliphatic hydroxyl groups is 5. The minimum atomic E-state index is -2.45. The van der Waals surface area contributed by atoms with Crippen molar-refractivity contribution in [3.63, 3.8) is 0 Å². The minimum Gasteiger partial charge on any atom is -0.391 e. The van der Waals surface area contributed by atoms with Crippen molar-refractivity contribution in [2.75, 3.05) is 26.7 Å². The van der Waals surface area contributed by atoms with E-state index >= 15 is 0 Å². The molecule has 0 unspecified atom stereocenters. The molecule has 0 saturated carbocycles. The van der Waals surface area contributed by atoms with Gasteiger partial charge >= 0.3 is 0 Å². The summed E-state index contributed by atoms with van der Waals surface area (Å²) in [6.07, 6.45) is 1.68. The number of nitrogens with one attached hydrogen (secondary N) is 7. The van der Waals surface area contributed by atoms with Crippen LogP contribution in [0.2, 0.25) is 0 Å². The van der Waals surface area contributed by atoms with Crippen LogP contribution in [-0.4, -0.2) is 152 Å². The van der Waals surface area contributed by atoms with Crippen LogP contribution in [0.5, 0.6) is 0 Å². The number of para-hydroxylation sites is 1. The Labute approximate surface area is 367 Å². The van der Waals surface area contributed by atoms with E-state index < -0.39 is 129 Å². The van der Waals surface area contributed by atoms with E-state index in [1.807, 2.05) is 54.6 Å². The number of aliphatic hydroxyl groups excluding tert-OH is 4. The average molecular weight is 887 g/mol. The van der Waals surface area contributed by atoms with Crippen molar-refractivity contribution >= 4 is 58.3 Å². The molecule has 0 aliphatic carbocycles. The van der Waals surface area contributed by atoms with Crippen molar-refractivity contribution in [2.45, 2.75) is 80.4 Å². The van der Waals surface area contributed by atoms with Gasteiger partial charge in [0.2, 0.25) is 35.4 Å². The van der Waals surface area contributed by atoms with Gasteiger partial charge in [-0.3, -0.25) is 33.6 Å². The van der Waals surface area contributed by atoms with E-state index in [0.29, 0.717) is 5.56 Å². The van der Waals surface area contributed by atoms with Gasteiger partial charge in [0.15, 0.2) is 11.8 Å². The number of likely N-dealkylation sites (N-methyl/N-ethyl adjacent to an activating group) is 1. The molecule has 8 atom stereocenters. The van der Waals surface area contributed by atoms with Crippen LogP contribution in [0.25, 0.3) is 17.0 Å². The van der Waals surface area contributed by atoms with E-state index in [9.17, 15) is 59.1 Å². The molecule has 3 heterocycles. The largest absolute Gasteiger partial charge is 0.391 e. The number of aromatic nitrogens is 1. The molecule has 3 aromatic rings. The lowest BCUT2D eigenvalue weighted by molar-refractivity contribution is -0.145. The quantitative estimate of drug-likeness (QED) is 0.0995. The molecule has 20 heteroatoms. The summed E-state index contributed by atoms with van der Waals surface area (Å²) in [5.74, 6) is -6.38. The molecular formula is C44H54N8O12. The molecule has 2 fully saturated rings. The van der Waals surface area contributed by atoms with E-state index in [0.717, 1.165) is 21.4 Å². The summed E-state index contributed by atoms with van der Waals surface area (Å²) in [5.41, 5.74) is -0.0577. The number of amides is 7. The lowest BCUT2D eigenvalue weighted by Gasteiger charge is -2.34. The lowest BCUT2D eigenvalue weighted by Crippen LogP contribution is -2.63. The number of allylic oxidation sites excluding steroid dienone is 4. The number of benzene rings is 2. The van der Waals surface area contributed by atoms with Crippen LogP contribution in [0.15, 0.2) is 91.2 Å². The van der Waals surface area contributed by atoms with Crippen molar-refractivity contribution in [2.24, 2.45) is 0 Å². The number of hydrogen-bond acceptors (Lipinski definition) is 12. The Morgan fingerprint density at radius 3 is 2.28 bits per heavy atom. The van der Waals surface area contributed by atoms with Gasteiger partial charge in [0.05, 0.1) is 56.6 Å². The van der Waals surface area contributed by atoms with Gasteiger partial charge < -0.3 is 67.3 Å². The van der Waals surface area contributed by atoms with Crippen molar-refractivity contribution in [1.29, 1.82) is 0 Å². The van der Waals surface area contributed by atoms with Crippen LogP contribution in [0.4, 0.5) is 0 Å². The van der Waals surface area contributed by atoms with Gasteiger partial charge in [0.1, 0.15) is 12.1 Å². The molecule has 2 aliphatic heterocycles. The molecule has 2 aromatic carbocycles. The number of rotatable bonds is 9. The second-order valence-corrected chi connectivity index (χ2v) is 15.6. The third-order valence-electron chi connectivity index (χ3n) is 10.6. The molecule has 0 bridgehead atoms. The molecule has 7 amide bonds. The second kappa shape index (κ2) is 22.6. The van der Waals surface area contributed by atoms with Gasteiger partial charge in [-0.15, -0.1) is 0 Å². The van der Waals surface area contributed by atoms with Gasteiger partial charge in [0, 0.05) is 37.1 Å². The number of hydrogen-bond donors (Lipinski definition) is 12. The molecule has 64 heavy (non-hydrogen) atoms. The summed E-state index contributed by atoms with van der Waals surface area (Å²) < 4.78 is 0. The SMILES string of the molecule is CN1CC(=O)N[C@H](Cc2c[nH]c3ccccc23)C(=O)NCC(=O)NC[C@H](O)CC(=O)N[C@H]([C@H](O)[C@@H](O)C/C=C/C=C/C=C/c2ccccc2)[C@H](O)C(=O)N[C@@H]2CC(=O)N[C@@]2(O)CC1=O. The summed E-state index contributed by atoms with van der Waals surface area (Å²) in [6, 6.07) is 12.0. The predicted molar refractivity (Wildman–Crippen MR) is 231 cm³/mol. The predicted octanol–water partition coefficient (Wildman–Crippen LogP) is -2.48. The fourth-order valence-electron chi connectivity index (χ4n) is 7.13. The molecular weight excluding hydrogens is 833 g/mol. The highest BCUT2D eigenvalue weighted by molar-refractivity contribution is 5.94. The molecule has 2 saturated heterocycles. The Kier molecular flexibility index (Phi) is 17.1. The third kappa shape index (κ3) is 13.6. The standard InChI is InChI=1S/C44H54N8O12/c1-52-25-37(58)48-31(18-27-22-45-30-16-11-10-15-29(27)30)42(62)47-24-36(57)46-23-28(53)19-34(55)50-39(41(61)43(63)49-33-20-35(56)51-44(33,64)21-38(52)59)40(60)32(54)17-9-4-2-3-6-12-26-13-7-5-8-14-26/h2-16,22,28,31-33,39-41,45,53-54,60-61,64H,17-21,23-25H2,1H3,(H,46,57)(H,47,62)(H,48,58)(H,49,63)(H,50,55)(H,51,56)/b3-2+,9-4+,12-6+/t28-,31-,32+,33-,39-,40-,41+,44-/m1/s1. The Bertz CT molecular complexity index is 2250. The zero-order chi connectivity index (χ0) is 46.4. The molecule has 20 nitrogen and oxygen atoms in total. The zero-order valence-corrected chi connectivity index (χ0v) is 35.0. The number of fused-ring (bicyclic) bond motifs is 2. The lowest BCUT2D eigenvalue weighted by atomic mass is 9.95. The highest BCUT2D eigenvalue weighted by atomic mass is 16.3. The molecule has 1 aromatic heterocycles. The first-order valence-electron chi connectivity index (χ1n) is 20.6. The van der Waals surface area contributed by atoms with Crippen molar-refractivity contribution in [3.05, 3.63) is 102 Å². The maximum absolute atomic E-state index is 13.6. The number of H-pyrrole nitrogens is 1. The van der Waals surface area contributed by atoms with Crippen molar-refractivity contribution in [1.82, 2.24) is 41.8 Å². The van der Waals surface area contributed by atoms with Crippen molar-refractivity contribution < 1.29 is 59.1 Å². The molecule has 342 valence electrons. The first-order chi connectivity index (χ1) is 30.5. The number of β-amino-alcohol motifs (C(OH)–C–C–N with tert-alkyl or cyclic N) is 1. The number of nitrogens with zero attached hydrogens (tertiary/aromatic N) is 1. The van der Waals surface area contributed by atoms with Crippen LogP contribution in [-0.2, 0) is 40.0 Å². The second-order valence-electron chi connectivity index (χ2n) is 15.6. The number of carbonyl (C=O) groups excluding carboxylic acids is 7. The van der Waals surface area contributed by atoms with Gasteiger partial charge in [-0.1, -0.05) is 85.0 Å². The Balaban J connectivity index is 1.33. The van der Waals surface area contributed by atoms with Crippen molar-refractivity contribution in [3.8, 4) is 0 Å². The van der Waals surface area contributed by atoms with E-state index in [2.05, 4.69) is 36.9 Å². The summed E-state index contributed by atoms with van der Waals surface area (Å²) in [6.45, 7) is -1.74. The van der Waals surface area contributed by atoms with Crippen LogP contribution >= 0.6 is 0 Å². The van der Waals surface area contributed by atoms with Crippen LogP contribution in [0.3, 0.4) is 0 Å². The fourth-order valence-corrected chi connectivity index (χ4v) is 7.13. The van der Waals surface area contributed by atoms with E-state index in [1.54, 1.807) is 36.6 Å². The number of aromatic amines is 1. The highest BCUT2D eigenvalue weighted by Gasteiger charge is 2.49. The topological polar surface area (TPSA) is 312 Å². The summed E-state index contributed by atoms with van der Waals surface area (Å²) in [4.78, 5) is 96.3. The molecule has 0 spiro atoms. The maximum Gasteiger partial charge on any atom is 0.251 e. The molecule has 0 radical (unpaired) electrons. The van der Waals surface area contributed by atoms with E-state index in [4.69, 9.17) is 0 Å². The Morgan fingerprint density at radius 1 is 0.797 bits per heavy atom. The van der Waals surface area contributed by atoms with Crippen LogP contribution < -0.4 is 31.9 Å². The van der Waals surface area contributed by atoms with E-state index in [1.165, 1.54) is 13.1 Å². The van der Waals surface area contributed by atoms with Crippen LogP contribution in [0.1, 0.15) is 36.8 Å². The highest BCUT2D eigenvalue weighted by Crippen LogP contribution is 2.24. The molecule has 2 aliphatic rings. The first kappa shape index (κ1) is 48.3. The Morgan fingerprint density at radius 2 is 1.52 bits per heavy atom. The first-order valence-corrected chi connectivity index (χ1v) is 20.6. The summed E-state index contributed by atoms with van der Waals surface area (Å²) >= 11 is 0. The normalized spacial score (nSPS) is 26.2. The van der Waals surface area contributed by atoms with Gasteiger partial charge in [-0.25, -0.2) is 0 Å². The third-order valence-corrected chi connectivity index (χ3v) is 10.6.